The zero-order valence-electron chi connectivity index (χ0n) is 21.1. The van der Waals surface area contributed by atoms with E-state index in [-0.39, 0.29) is 12.1 Å². The summed E-state index contributed by atoms with van der Waals surface area (Å²) in [6.07, 6.45) is -18.4. The molecule has 45 heavy (non-hydrogen) atoms. The molecule has 0 aliphatic heterocycles. The van der Waals surface area contributed by atoms with Crippen molar-refractivity contribution in [2.24, 2.45) is 0 Å². The van der Waals surface area contributed by atoms with E-state index >= 15 is 4.39 Å². The molecule has 0 radical (unpaired) electrons. The molecular weight excluding hydrogens is 678 g/mol. The summed E-state index contributed by atoms with van der Waals surface area (Å²) < 4.78 is 191. The summed E-state index contributed by atoms with van der Waals surface area (Å²) in [4.78, 5) is 25.2. The molecule has 2 amide bonds. The molecule has 0 spiro atoms. The second-order valence-electron chi connectivity index (χ2n) is 8.63. The Morgan fingerprint density at radius 2 is 1.31 bits per heavy atom. The molecule has 0 aliphatic carbocycles. The number of anilines is 2. The SMILES string of the molecule is O=C(Nc1cccc(C(=O)Nc2c(Cl)cc(C(F)(C(F)(F)F)C(F)(F)F)cc2OC(F)F)c1F)c1cc(C(F)(F)F)ccc1F. The molecule has 0 heterocycles. The van der Waals surface area contributed by atoms with Crippen molar-refractivity contribution in [2.75, 3.05) is 10.6 Å². The summed E-state index contributed by atoms with van der Waals surface area (Å²) in [5.41, 5.74) is -14.6. The number of hydrogen-bond donors (Lipinski definition) is 2. The lowest BCUT2D eigenvalue weighted by Crippen LogP contribution is -2.50. The molecule has 0 aliphatic rings. The van der Waals surface area contributed by atoms with Gasteiger partial charge in [0.25, 0.3) is 11.8 Å². The van der Waals surface area contributed by atoms with Gasteiger partial charge in [0.1, 0.15) is 11.5 Å². The topological polar surface area (TPSA) is 67.4 Å². The molecule has 20 heteroatoms. The van der Waals surface area contributed by atoms with E-state index in [0.29, 0.717) is 18.2 Å². The summed E-state index contributed by atoms with van der Waals surface area (Å²) in [6, 6.07) is 2.11. The van der Waals surface area contributed by atoms with E-state index in [0.717, 1.165) is 12.1 Å². The monoisotopic (exact) mass is 688 g/mol. The molecule has 3 aromatic carbocycles. The summed E-state index contributed by atoms with van der Waals surface area (Å²) in [7, 11) is 0. The van der Waals surface area contributed by atoms with E-state index in [1.807, 2.05) is 0 Å². The fourth-order valence-corrected chi connectivity index (χ4v) is 3.89. The summed E-state index contributed by atoms with van der Waals surface area (Å²) >= 11 is 5.62. The molecule has 0 aromatic heterocycles. The highest BCUT2D eigenvalue weighted by molar-refractivity contribution is 6.34. The number of benzene rings is 3. The molecule has 2 N–H and O–H groups in total. The number of halogens is 15. The first-order chi connectivity index (χ1) is 20.5. The lowest BCUT2D eigenvalue weighted by atomic mass is 9.93. The summed E-state index contributed by atoms with van der Waals surface area (Å²) in [5, 5.41) is 1.87. The van der Waals surface area contributed by atoms with Crippen molar-refractivity contribution in [1.29, 1.82) is 0 Å². The molecule has 3 aromatic rings. The van der Waals surface area contributed by atoms with Gasteiger partial charge in [0.05, 0.1) is 27.4 Å². The molecule has 0 bridgehead atoms. The minimum atomic E-state index is -6.70. The van der Waals surface area contributed by atoms with Crippen LogP contribution in [0.1, 0.15) is 31.8 Å². The summed E-state index contributed by atoms with van der Waals surface area (Å²) in [5.74, 6) is -8.24. The first-order valence-electron chi connectivity index (χ1n) is 11.4. The minimum absolute atomic E-state index is 0.0962. The van der Waals surface area contributed by atoms with Crippen LogP contribution in [0, 0.1) is 11.6 Å². The number of nitrogens with one attached hydrogen (secondary N) is 2. The van der Waals surface area contributed by atoms with Crippen molar-refractivity contribution in [2.45, 2.75) is 30.8 Å². The van der Waals surface area contributed by atoms with Gasteiger partial charge < -0.3 is 15.4 Å². The van der Waals surface area contributed by atoms with E-state index in [1.165, 1.54) is 0 Å². The standard InChI is InChI=1S/C25H11ClF14N2O3/c26-13-7-10(22(31,24(35,36)37)25(38,39)40)8-16(45-21(29)30)18(13)42-19(43)11-2-1-3-15(17(11)28)41-20(44)12-6-9(23(32,33)34)4-5-14(12)27/h1-8,21H,(H,41,44)(H,42,43). The Hall–Kier alpha value is -4.29. The van der Waals surface area contributed by atoms with Gasteiger partial charge in [-0.05, 0) is 42.5 Å². The number of amides is 2. The predicted molar refractivity (Wildman–Crippen MR) is 127 cm³/mol. The van der Waals surface area contributed by atoms with Crippen LogP contribution in [0.15, 0.2) is 48.5 Å². The minimum Gasteiger partial charge on any atom is -0.433 e. The van der Waals surface area contributed by atoms with Gasteiger partial charge in [-0.1, -0.05) is 17.7 Å². The average molecular weight is 689 g/mol. The second-order valence-corrected chi connectivity index (χ2v) is 9.04. The van der Waals surface area contributed by atoms with Crippen molar-refractivity contribution in [1.82, 2.24) is 0 Å². The van der Waals surface area contributed by atoms with Crippen LogP contribution in [0.3, 0.4) is 0 Å². The Morgan fingerprint density at radius 3 is 1.84 bits per heavy atom. The van der Waals surface area contributed by atoms with E-state index < -0.39 is 105 Å². The van der Waals surface area contributed by atoms with Crippen molar-refractivity contribution >= 4 is 34.8 Å². The molecular formula is C25H11ClF14N2O3. The molecule has 3 rings (SSSR count). The lowest BCUT2D eigenvalue weighted by Gasteiger charge is -2.31. The van der Waals surface area contributed by atoms with Crippen LogP contribution in [0.5, 0.6) is 5.75 Å². The smallest absolute Gasteiger partial charge is 0.433 e. The van der Waals surface area contributed by atoms with Crippen molar-refractivity contribution in [3.05, 3.63) is 87.4 Å². The van der Waals surface area contributed by atoms with Crippen LogP contribution in [0.25, 0.3) is 0 Å². The summed E-state index contributed by atoms with van der Waals surface area (Å²) in [6.45, 7) is -4.00. The molecule has 0 atom stereocenters. The fourth-order valence-electron chi connectivity index (χ4n) is 3.63. The van der Waals surface area contributed by atoms with Gasteiger partial charge in [0.15, 0.2) is 11.6 Å². The van der Waals surface area contributed by atoms with E-state index in [2.05, 4.69) is 4.74 Å². The van der Waals surface area contributed by atoms with Crippen LogP contribution in [0.2, 0.25) is 5.02 Å². The third-order valence-electron chi connectivity index (χ3n) is 5.72. The second kappa shape index (κ2) is 12.2. The highest BCUT2D eigenvalue weighted by atomic mass is 35.5. The quantitative estimate of drug-likeness (QED) is 0.244. The zero-order chi connectivity index (χ0) is 34.3. The first kappa shape index (κ1) is 35.2. The van der Waals surface area contributed by atoms with Gasteiger partial charge in [-0.25, -0.2) is 13.2 Å². The average Bonchev–Trinajstić information content (AvgIpc) is 2.88. The van der Waals surface area contributed by atoms with Gasteiger partial charge in [0.2, 0.25) is 0 Å². The molecule has 0 fully saturated rings. The van der Waals surface area contributed by atoms with Gasteiger partial charge in [0, 0.05) is 5.56 Å². The third-order valence-corrected chi connectivity index (χ3v) is 6.02. The Bertz CT molecular complexity index is 1610. The van der Waals surface area contributed by atoms with Gasteiger partial charge in [-0.3, -0.25) is 9.59 Å². The van der Waals surface area contributed by atoms with Crippen molar-refractivity contribution in [3.63, 3.8) is 0 Å². The van der Waals surface area contributed by atoms with Crippen LogP contribution in [0.4, 0.5) is 72.8 Å². The third kappa shape index (κ3) is 7.18. The van der Waals surface area contributed by atoms with Crippen LogP contribution in [-0.2, 0) is 11.8 Å². The largest absolute Gasteiger partial charge is 0.435 e. The van der Waals surface area contributed by atoms with Crippen LogP contribution in [-0.4, -0.2) is 30.8 Å². The van der Waals surface area contributed by atoms with Gasteiger partial charge >= 0.3 is 30.8 Å². The predicted octanol–water partition coefficient (Wildman–Crippen LogP) is 9.03. The Morgan fingerprint density at radius 1 is 0.733 bits per heavy atom. The number of carbonyl (C=O) groups excluding carboxylic acids is 2. The van der Waals surface area contributed by atoms with E-state index in [9.17, 15) is 66.7 Å². The maximum atomic E-state index is 15.1. The van der Waals surface area contributed by atoms with Crippen LogP contribution < -0.4 is 15.4 Å². The lowest BCUT2D eigenvalue weighted by molar-refractivity contribution is -0.348. The first-order valence-corrected chi connectivity index (χ1v) is 11.8. The highest BCUT2D eigenvalue weighted by Gasteiger charge is 2.73. The molecule has 0 saturated carbocycles. The zero-order valence-corrected chi connectivity index (χ0v) is 21.8. The molecule has 5 nitrogen and oxygen atoms in total. The highest BCUT2D eigenvalue weighted by Crippen LogP contribution is 2.55. The number of carbonyl (C=O) groups is 2. The maximum Gasteiger partial charge on any atom is 0.435 e. The van der Waals surface area contributed by atoms with Crippen LogP contribution >= 0.6 is 11.6 Å². The Balaban J connectivity index is 2.01. The Kier molecular flexibility index (Phi) is 9.58. The molecule has 0 saturated heterocycles. The number of hydrogen-bond acceptors (Lipinski definition) is 3. The normalized spacial score (nSPS) is 12.7. The number of rotatable bonds is 7. The van der Waals surface area contributed by atoms with Gasteiger partial charge in [-0.15, -0.1) is 0 Å². The Labute approximate surface area is 245 Å². The van der Waals surface area contributed by atoms with Crippen molar-refractivity contribution in [3.8, 4) is 5.75 Å². The number of ether oxygens (including phenoxy) is 1. The number of alkyl halides is 12. The van der Waals surface area contributed by atoms with Gasteiger partial charge in [-0.2, -0.15) is 48.3 Å². The fraction of sp³-hybridized carbons (Fsp3) is 0.200. The van der Waals surface area contributed by atoms with E-state index in [4.69, 9.17) is 11.6 Å². The molecule has 244 valence electrons. The molecule has 0 unspecified atom stereocenters. The maximum absolute atomic E-state index is 15.1. The van der Waals surface area contributed by atoms with E-state index in [1.54, 1.807) is 10.6 Å². The van der Waals surface area contributed by atoms with Crippen molar-refractivity contribution < 1.29 is 75.8 Å².